The Morgan fingerprint density at radius 2 is 1.95 bits per heavy atom. The van der Waals surface area contributed by atoms with Gasteiger partial charge in [0.2, 0.25) is 11.8 Å². The molecule has 2 fully saturated rings. The Kier molecular flexibility index (Phi) is 7.76. The molecule has 37 heavy (non-hydrogen) atoms. The maximum atomic E-state index is 14.0. The number of hydrogen-bond donors (Lipinski definition) is 2. The molecule has 1 aliphatic carbocycles. The number of rotatable bonds is 9. The molecule has 5 rings (SSSR count). The molecule has 2 amide bonds. The van der Waals surface area contributed by atoms with Crippen molar-refractivity contribution in [3.63, 3.8) is 0 Å². The first kappa shape index (κ1) is 25.3. The molecule has 2 aromatic heterocycles. The highest BCUT2D eigenvalue weighted by atomic mass is 32.1. The van der Waals surface area contributed by atoms with Gasteiger partial charge in [0.05, 0.1) is 6.61 Å². The predicted molar refractivity (Wildman–Crippen MR) is 140 cm³/mol. The van der Waals surface area contributed by atoms with E-state index in [1.807, 2.05) is 12.1 Å². The van der Waals surface area contributed by atoms with Gasteiger partial charge < -0.3 is 15.4 Å². The molecule has 1 aliphatic heterocycles. The Bertz CT molecular complexity index is 1270. The number of benzene rings is 1. The van der Waals surface area contributed by atoms with Crippen molar-refractivity contribution >= 4 is 29.0 Å². The highest BCUT2D eigenvalue weighted by Gasteiger charge is 2.30. The van der Waals surface area contributed by atoms with E-state index in [0.29, 0.717) is 46.2 Å². The van der Waals surface area contributed by atoms with Gasteiger partial charge >= 0.3 is 0 Å². The lowest BCUT2D eigenvalue weighted by Gasteiger charge is -2.31. The molecule has 0 bridgehead atoms. The zero-order valence-corrected chi connectivity index (χ0v) is 21.5. The number of nitrogens with one attached hydrogen (secondary N) is 2. The molecule has 1 saturated heterocycles. The Balaban J connectivity index is 1.21. The minimum absolute atomic E-state index is 0.0150. The van der Waals surface area contributed by atoms with E-state index < -0.39 is 0 Å². The van der Waals surface area contributed by atoms with Gasteiger partial charge in [-0.3, -0.25) is 14.5 Å². The Morgan fingerprint density at radius 3 is 2.68 bits per heavy atom. The first-order valence-electron chi connectivity index (χ1n) is 12.6. The van der Waals surface area contributed by atoms with Crippen LogP contribution in [-0.4, -0.2) is 53.4 Å². The number of anilines is 1. The molecule has 194 valence electrons. The average molecular weight is 524 g/mol. The van der Waals surface area contributed by atoms with Crippen LogP contribution in [0.25, 0.3) is 10.6 Å². The molecule has 3 heterocycles. The molecule has 3 aromatic rings. The number of carbonyl (C=O) groups is 2. The number of hydrogen-bond acceptors (Lipinski definition) is 7. The number of thiazole rings is 1. The van der Waals surface area contributed by atoms with Crippen LogP contribution in [0, 0.1) is 17.7 Å². The number of amides is 2. The zero-order valence-electron chi connectivity index (χ0n) is 20.7. The minimum Gasteiger partial charge on any atom is -0.476 e. The van der Waals surface area contributed by atoms with Crippen LogP contribution in [0.2, 0.25) is 0 Å². The molecule has 2 aliphatic rings. The summed E-state index contributed by atoms with van der Waals surface area (Å²) in [5.74, 6) is 0.750. The van der Waals surface area contributed by atoms with Gasteiger partial charge in [-0.1, -0.05) is 18.2 Å². The minimum atomic E-state index is -0.255. The quantitative estimate of drug-likeness (QED) is 0.433. The fourth-order valence-corrected chi connectivity index (χ4v) is 5.32. The highest BCUT2D eigenvalue weighted by Crippen LogP contribution is 2.35. The molecule has 0 unspecified atom stereocenters. The van der Waals surface area contributed by atoms with E-state index in [0.717, 1.165) is 44.3 Å². The monoisotopic (exact) mass is 523 g/mol. The van der Waals surface area contributed by atoms with Gasteiger partial charge in [-0.25, -0.2) is 14.4 Å². The first-order valence-corrected chi connectivity index (χ1v) is 13.4. The van der Waals surface area contributed by atoms with Crippen LogP contribution >= 0.6 is 11.3 Å². The number of likely N-dealkylation sites (tertiary alicyclic amines) is 1. The van der Waals surface area contributed by atoms with Crippen LogP contribution < -0.4 is 15.4 Å². The largest absolute Gasteiger partial charge is 0.476 e. The van der Waals surface area contributed by atoms with E-state index in [-0.39, 0.29) is 23.5 Å². The fraction of sp³-hybridized carbons (Fsp3) is 0.407. The summed E-state index contributed by atoms with van der Waals surface area (Å²) in [7, 11) is 1.58. The van der Waals surface area contributed by atoms with Crippen molar-refractivity contribution in [3.05, 3.63) is 58.9 Å². The van der Waals surface area contributed by atoms with Crippen LogP contribution in [0.4, 0.5) is 10.2 Å². The highest BCUT2D eigenvalue weighted by molar-refractivity contribution is 7.17. The van der Waals surface area contributed by atoms with Gasteiger partial charge in [0.1, 0.15) is 16.6 Å². The second-order valence-electron chi connectivity index (χ2n) is 9.55. The second kappa shape index (κ2) is 11.4. The van der Waals surface area contributed by atoms with E-state index in [2.05, 4.69) is 25.5 Å². The number of halogens is 1. The summed E-state index contributed by atoms with van der Waals surface area (Å²) in [6.45, 7) is 2.78. The summed E-state index contributed by atoms with van der Waals surface area (Å²) in [5, 5.41) is 6.13. The third kappa shape index (κ3) is 6.31. The van der Waals surface area contributed by atoms with Crippen molar-refractivity contribution in [1.29, 1.82) is 0 Å². The lowest BCUT2D eigenvalue weighted by atomic mass is 9.97. The molecule has 1 aromatic carbocycles. The molecular formula is C27H30FN5O3S. The summed E-state index contributed by atoms with van der Waals surface area (Å²) < 4.78 is 20.1. The van der Waals surface area contributed by atoms with E-state index in [1.54, 1.807) is 31.4 Å². The van der Waals surface area contributed by atoms with Gasteiger partial charge in [0.15, 0.2) is 4.88 Å². The van der Waals surface area contributed by atoms with Crippen molar-refractivity contribution in [3.8, 4) is 16.5 Å². The fourth-order valence-electron chi connectivity index (χ4n) is 4.37. The third-order valence-electron chi connectivity index (χ3n) is 6.75. The van der Waals surface area contributed by atoms with E-state index in [4.69, 9.17) is 4.74 Å². The van der Waals surface area contributed by atoms with E-state index in [1.165, 1.54) is 17.4 Å². The van der Waals surface area contributed by atoms with Gasteiger partial charge in [-0.15, -0.1) is 11.3 Å². The summed E-state index contributed by atoms with van der Waals surface area (Å²) in [4.78, 5) is 36.2. The van der Waals surface area contributed by atoms with Gasteiger partial charge in [0, 0.05) is 36.8 Å². The molecule has 0 atom stereocenters. The average Bonchev–Trinajstić information content (AvgIpc) is 3.69. The SMILES string of the molecule is CNC(=O)c1sc(-c2ccnc(NC(=O)C3CC3)c2)nc1OCC1CCN(Cc2ccccc2F)CC1. The Morgan fingerprint density at radius 1 is 1.16 bits per heavy atom. The van der Waals surface area contributed by atoms with Gasteiger partial charge in [-0.05, 0) is 62.9 Å². The maximum Gasteiger partial charge on any atom is 0.266 e. The molecule has 10 heteroatoms. The first-order chi connectivity index (χ1) is 18.0. The predicted octanol–water partition coefficient (Wildman–Crippen LogP) is 4.34. The smallest absolute Gasteiger partial charge is 0.266 e. The molecule has 0 spiro atoms. The lowest BCUT2D eigenvalue weighted by Crippen LogP contribution is -2.35. The van der Waals surface area contributed by atoms with Crippen LogP contribution in [0.15, 0.2) is 42.6 Å². The molecular weight excluding hydrogens is 493 g/mol. The maximum absolute atomic E-state index is 14.0. The number of aromatic nitrogens is 2. The number of ether oxygens (including phenoxy) is 1. The number of nitrogens with zero attached hydrogens (tertiary/aromatic N) is 3. The summed E-state index contributed by atoms with van der Waals surface area (Å²) in [5.41, 5.74) is 1.47. The molecule has 8 nitrogen and oxygen atoms in total. The third-order valence-corrected chi connectivity index (χ3v) is 7.83. The van der Waals surface area contributed by atoms with Crippen molar-refractivity contribution in [1.82, 2.24) is 20.2 Å². The zero-order chi connectivity index (χ0) is 25.8. The topological polar surface area (TPSA) is 96.5 Å². The van der Waals surface area contributed by atoms with Crippen molar-refractivity contribution in [2.24, 2.45) is 11.8 Å². The van der Waals surface area contributed by atoms with Gasteiger partial charge in [-0.2, -0.15) is 0 Å². The normalized spacial score (nSPS) is 16.4. The van der Waals surface area contributed by atoms with Crippen LogP contribution in [-0.2, 0) is 11.3 Å². The van der Waals surface area contributed by atoms with Crippen molar-refractivity contribution in [2.75, 3.05) is 32.1 Å². The van der Waals surface area contributed by atoms with E-state index in [9.17, 15) is 14.0 Å². The van der Waals surface area contributed by atoms with Crippen LogP contribution in [0.5, 0.6) is 5.88 Å². The molecule has 1 saturated carbocycles. The summed E-state index contributed by atoms with van der Waals surface area (Å²) >= 11 is 1.25. The lowest BCUT2D eigenvalue weighted by molar-refractivity contribution is -0.117. The van der Waals surface area contributed by atoms with Gasteiger partial charge in [0.25, 0.3) is 5.91 Å². The van der Waals surface area contributed by atoms with Crippen LogP contribution in [0.1, 0.15) is 40.9 Å². The number of carbonyl (C=O) groups excluding carboxylic acids is 2. The Hall–Kier alpha value is -3.37. The second-order valence-corrected chi connectivity index (χ2v) is 10.5. The van der Waals surface area contributed by atoms with Crippen molar-refractivity contribution < 1.29 is 18.7 Å². The number of piperidine rings is 1. The molecule has 2 N–H and O–H groups in total. The summed E-state index contributed by atoms with van der Waals surface area (Å²) in [6.07, 6.45) is 5.30. The molecule has 0 radical (unpaired) electrons. The number of pyridine rings is 1. The Labute approximate surface area is 219 Å². The van der Waals surface area contributed by atoms with E-state index >= 15 is 0 Å². The van der Waals surface area contributed by atoms with Crippen molar-refractivity contribution in [2.45, 2.75) is 32.2 Å². The standard InChI is InChI=1S/C27H30FN5O3S/c1-29-25(35)23-26(32-27(37-23)19-8-11-30-22(14-19)31-24(34)18-6-7-18)36-16-17-9-12-33(13-10-17)15-20-4-2-3-5-21(20)28/h2-5,8,11,14,17-18H,6-7,9-10,12-13,15-16H2,1H3,(H,29,35)(H,30,31,34). The summed E-state index contributed by atoms with van der Waals surface area (Å²) in [6, 6.07) is 10.5. The van der Waals surface area contributed by atoms with Crippen LogP contribution in [0.3, 0.4) is 0 Å².